The molecule has 32 heavy (non-hydrogen) atoms. The Morgan fingerprint density at radius 3 is 2.53 bits per heavy atom. The Morgan fingerprint density at radius 2 is 1.91 bits per heavy atom. The summed E-state index contributed by atoms with van der Waals surface area (Å²) in [6.07, 6.45) is 1.99. The van der Waals surface area contributed by atoms with Crippen molar-refractivity contribution in [3.05, 3.63) is 70.9 Å². The van der Waals surface area contributed by atoms with Crippen molar-refractivity contribution < 1.29 is 14.3 Å². The average molecular weight is 449 g/mol. The van der Waals surface area contributed by atoms with Gasteiger partial charge in [-0.1, -0.05) is 29.5 Å². The molecule has 0 saturated heterocycles. The molecule has 0 spiro atoms. The minimum atomic E-state index is -0.445. The first kappa shape index (κ1) is 21.9. The van der Waals surface area contributed by atoms with Crippen molar-refractivity contribution in [2.24, 2.45) is 0 Å². The summed E-state index contributed by atoms with van der Waals surface area (Å²) in [5, 5.41) is 18.5. The molecular weight excluding hydrogens is 424 g/mol. The van der Waals surface area contributed by atoms with Crippen molar-refractivity contribution in [2.75, 3.05) is 13.7 Å². The molecule has 164 valence electrons. The predicted molar refractivity (Wildman–Crippen MR) is 121 cm³/mol. The van der Waals surface area contributed by atoms with Gasteiger partial charge in [-0.05, 0) is 61.1 Å². The Morgan fingerprint density at radius 1 is 1.19 bits per heavy atom. The van der Waals surface area contributed by atoms with Crippen LogP contribution in [0.5, 0.6) is 5.75 Å². The Hall–Kier alpha value is -3.31. The zero-order chi connectivity index (χ0) is 22.5. The largest absolute Gasteiger partial charge is 0.497 e. The SMILES string of the molecule is CCOC(=O)c1nnn(Cc2ccc(OC)cc2)c1SC1CC(c2ccc(C#N)cc2)C1. The van der Waals surface area contributed by atoms with E-state index in [1.54, 1.807) is 30.5 Å². The van der Waals surface area contributed by atoms with Crippen molar-refractivity contribution in [1.82, 2.24) is 15.0 Å². The molecule has 1 fully saturated rings. The molecular formula is C24H24N4O3S. The van der Waals surface area contributed by atoms with E-state index in [1.807, 2.05) is 48.5 Å². The van der Waals surface area contributed by atoms with Gasteiger partial charge in [0.1, 0.15) is 10.8 Å². The van der Waals surface area contributed by atoms with E-state index >= 15 is 0 Å². The number of aromatic nitrogens is 3. The molecule has 1 heterocycles. The summed E-state index contributed by atoms with van der Waals surface area (Å²) < 4.78 is 12.2. The molecule has 0 N–H and O–H groups in total. The van der Waals surface area contributed by atoms with Crippen LogP contribution >= 0.6 is 11.8 Å². The molecule has 1 aliphatic rings. The van der Waals surface area contributed by atoms with Gasteiger partial charge in [-0.3, -0.25) is 0 Å². The number of hydrogen-bond donors (Lipinski definition) is 0. The van der Waals surface area contributed by atoms with E-state index in [1.165, 1.54) is 5.56 Å². The molecule has 0 aliphatic heterocycles. The number of ether oxygens (including phenoxy) is 2. The summed E-state index contributed by atoms with van der Waals surface area (Å²) in [5.74, 6) is 0.800. The van der Waals surface area contributed by atoms with Crippen molar-refractivity contribution in [1.29, 1.82) is 5.26 Å². The van der Waals surface area contributed by atoms with Crippen LogP contribution in [-0.4, -0.2) is 39.9 Å². The van der Waals surface area contributed by atoms with Crippen molar-refractivity contribution in [3.8, 4) is 11.8 Å². The molecule has 4 rings (SSSR count). The van der Waals surface area contributed by atoms with Crippen LogP contribution in [0.3, 0.4) is 0 Å². The number of esters is 1. The maximum absolute atomic E-state index is 12.5. The van der Waals surface area contributed by atoms with Crippen LogP contribution in [0, 0.1) is 11.3 Å². The topological polar surface area (TPSA) is 90.0 Å². The van der Waals surface area contributed by atoms with Gasteiger partial charge in [-0.25, -0.2) is 9.48 Å². The fraction of sp³-hybridized carbons (Fsp3) is 0.333. The zero-order valence-corrected chi connectivity index (χ0v) is 18.8. The average Bonchev–Trinajstić information content (AvgIpc) is 3.19. The third-order valence-electron chi connectivity index (χ3n) is 5.53. The molecule has 0 radical (unpaired) electrons. The van der Waals surface area contributed by atoms with E-state index in [2.05, 4.69) is 16.4 Å². The summed E-state index contributed by atoms with van der Waals surface area (Å²) in [6, 6.07) is 17.7. The van der Waals surface area contributed by atoms with E-state index in [-0.39, 0.29) is 5.69 Å². The molecule has 0 amide bonds. The van der Waals surface area contributed by atoms with Gasteiger partial charge in [-0.2, -0.15) is 5.26 Å². The van der Waals surface area contributed by atoms with E-state index in [9.17, 15) is 4.79 Å². The molecule has 1 saturated carbocycles. The number of nitriles is 1. The van der Waals surface area contributed by atoms with Crippen molar-refractivity contribution in [2.45, 2.75) is 42.5 Å². The number of nitrogens with zero attached hydrogens (tertiary/aromatic N) is 4. The quantitative estimate of drug-likeness (QED) is 0.471. The lowest BCUT2D eigenvalue weighted by Gasteiger charge is -2.35. The van der Waals surface area contributed by atoms with Gasteiger partial charge < -0.3 is 9.47 Å². The Bertz CT molecular complexity index is 1110. The number of rotatable bonds is 8. The minimum Gasteiger partial charge on any atom is -0.497 e. The van der Waals surface area contributed by atoms with Crippen LogP contribution in [0.4, 0.5) is 0 Å². The Kier molecular flexibility index (Phi) is 6.76. The highest BCUT2D eigenvalue weighted by Gasteiger charge is 2.34. The summed E-state index contributed by atoms with van der Waals surface area (Å²) in [6.45, 7) is 2.57. The summed E-state index contributed by atoms with van der Waals surface area (Å²) >= 11 is 1.64. The van der Waals surface area contributed by atoms with Gasteiger partial charge >= 0.3 is 5.97 Å². The monoisotopic (exact) mass is 448 g/mol. The standard InChI is InChI=1S/C24H24N4O3S/c1-3-31-24(29)22-23(28(27-26-22)15-17-6-10-20(30-2)11-7-17)32-21-12-19(13-21)18-8-4-16(14-25)5-9-18/h4-11,19,21H,3,12-13,15H2,1-2H3. The lowest BCUT2D eigenvalue weighted by atomic mass is 9.79. The highest BCUT2D eigenvalue weighted by Crippen LogP contribution is 2.46. The summed E-state index contributed by atoms with van der Waals surface area (Å²) in [7, 11) is 1.64. The van der Waals surface area contributed by atoms with Crippen LogP contribution in [0.15, 0.2) is 53.6 Å². The predicted octanol–water partition coefficient (Wildman–Crippen LogP) is 4.42. The smallest absolute Gasteiger partial charge is 0.361 e. The van der Waals surface area contributed by atoms with E-state index in [0.29, 0.717) is 29.9 Å². The maximum Gasteiger partial charge on any atom is 0.361 e. The van der Waals surface area contributed by atoms with E-state index in [4.69, 9.17) is 14.7 Å². The van der Waals surface area contributed by atoms with Crippen LogP contribution in [-0.2, 0) is 11.3 Å². The first-order valence-electron chi connectivity index (χ1n) is 10.5. The molecule has 0 atom stereocenters. The normalized spacial score (nSPS) is 17.3. The third-order valence-corrected chi connectivity index (χ3v) is 6.88. The number of methoxy groups -OCH3 is 1. The number of benzene rings is 2. The number of hydrogen-bond acceptors (Lipinski definition) is 7. The Balaban J connectivity index is 1.48. The second-order valence-electron chi connectivity index (χ2n) is 7.61. The highest BCUT2D eigenvalue weighted by atomic mass is 32.2. The first-order chi connectivity index (χ1) is 15.6. The highest BCUT2D eigenvalue weighted by molar-refractivity contribution is 8.00. The summed E-state index contributed by atoms with van der Waals surface area (Å²) in [4.78, 5) is 12.5. The van der Waals surface area contributed by atoms with Crippen molar-refractivity contribution >= 4 is 17.7 Å². The lowest BCUT2D eigenvalue weighted by Crippen LogP contribution is -2.25. The fourth-order valence-corrected chi connectivity index (χ4v) is 5.11. The molecule has 1 aliphatic carbocycles. The molecule has 0 unspecified atom stereocenters. The van der Waals surface area contributed by atoms with E-state index < -0.39 is 5.97 Å². The zero-order valence-electron chi connectivity index (χ0n) is 18.0. The van der Waals surface area contributed by atoms with Gasteiger partial charge in [0.15, 0.2) is 0 Å². The van der Waals surface area contributed by atoms with Gasteiger partial charge in [0.2, 0.25) is 5.69 Å². The first-order valence-corrected chi connectivity index (χ1v) is 11.4. The number of carbonyl (C=O) groups excluding carboxylic acids is 1. The molecule has 8 heteroatoms. The van der Waals surface area contributed by atoms with Gasteiger partial charge in [0, 0.05) is 5.25 Å². The van der Waals surface area contributed by atoms with Crippen molar-refractivity contribution in [3.63, 3.8) is 0 Å². The van der Waals surface area contributed by atoms with Gasteiger partial charge in [0.05, 0.1) is 31.9 Å². The van der Waals surface area contributed by atoms with Crippen LogP contribution < -0.4 is 4.74 Å². The molecule has 1 aromatic heterocycles. The van der Waals surface area contributed by atoms with Gasteiger partial charge in [0.25, 0.3) is 0 Å². The van der Waals surface area contributed by atoms with Crippen LogP contribution in [0.2, 0.25) is 0 Å². The maximum atomic E-state index is 12.5. The second-order valence-corrected chi connectivity index (χ2v) is 8.90. The minimum absolute atomic E-state index is 0.271. The third kappa shape index (κ3) is 4.78. The van der Waals surface area contributed by atoms with Gasteiger partial charge in [-0.15, -0.1) is 16.9 Å². The summed E-state index contributed by atoms with van der Waals surface area (Å²) in [5.41, 5.74) is 3.23. The van der Waals surface area contributed by atoms with Crippen LogP contribution in [0.1, 0.15) is 52.9 Å². The Labute approximate surface area is 191 Å². The number of carbonyl (C=O) groups is 1. The number of thioether (sulfide) groups is 1. The molecule has 2 aromatic carbocycles. The fourth-order valence-electron chi connectivity index (χ4n) is 3.68. The van der Waals surface area contributed by atoms with Crippen LogP contribution in [0.25, 0.3) is 0 Å². The molecule has 3 aromatic rings. The second kappa shape index (κ2) is 9.88. The van der Waals surface area contributed by atoms with E-state index in [0.717, 1.165) is 29.2 Å². The molecule has 0 bridgehead atoms. The lowest BCUT2D eigenvalue weighted by molar-refractivity contribution is 0.0515. The molecule has 7 nitrogen and oxygen atoms in total.